The number of carbonyl (C=O) groups excluding carboxylic acids is 1. The second kappa shape index (κ2) is 8.54. The summed E-state index contributed by atoms with van der Waals surface area (Å²) < 4.78 is 26.9. The maximum Gasteiger partial charge on any atom is 0.319 e. The molecule has 0 aromatic heterocycles. The van der Waals surface area contributed by atoms with E-state index < -0.39 is 10.0 Å². The quantitative estimate of drug-likeness (QED) is 0.827. The van der Waals surface area contributed by atoms with E-state index in [2.05, 4.69) is 10.6 Å². The molecule has 2 aromatic carbocycles. The topological polar surface area (TPSA) is 78.5 Å². The molecule has 1 aliphatic heterocycles. The fraction of sp³-hybridized carbons (Fsp3) is 0.350. The zero-order valence-corrected chi connectivity index (χ0v) is 16.2. The molecule has 2 aromatic rings. The van der Waals surface area contributed by atoms with Crippen LogP contribution in [0.2, 0.25) is 0 Å². The number of nitrogens with zero attached hydrogens (tertiary/aromatic N) is 1. The second-order valence-corrected chi connectivity index (χ2v) is 8.79. The molecule has 0 atom stereocenters. The zero-order valence-electron chi connectivity index (χ0n) is 15.4. The first kappa shape index (κ1) is 19.4. The Morgan fingerprint density at radius 3 is 2.33 bits per heavy atom. The smallest absolute Gasteiger partial charge is 0.319 e. The highest BCUT2D eigenvalue weighted by atomic mass is 32.2. The van der Waals surface area contributed by atoms with Crippen LogP contribution in [0.15, 0.2) is 54.6 Å². The van der Waals surface area contributed by atoms with Gasteiger partial charge in [-0.25, -0.2) is 17.5 Å². The highest BCUT2D eigenvalue weighted by Gasteiger charge is 2.29. The van der Waals surface area contributed by atoms with Crippen LogP contribution < -0.4 is 10.6 Å². The Morgan fingerprint density at radius 2 is 1.67 bits per heavy atom. The molecule has 0 unspecified atom stereocenters. The van der Waals surface area contributed by atoms with Crippen molar-refractivity contribution in [2.24, 2.45) is 0 Å². The average Bonchev–Trinajstić information content (AvgIpc) is 2.65. The van der Waals surface area contributed by atoms with Crippen LogP contribution in [0, 0.1) is 6.92 Å². The number of piperidine rings is 1. The van der Waals surface area contributed by atoms with E-state index in [1.165, 1.54) is 4.31 Å². The number of anilines is 1. The van der Waals surface area contributed by atoms with Crippen molar-refractivity contribution in [3.8, 4) is 0 Å². The summed E-state index contributed by atoms with van der Waals surface area (Å²) in [6.45, 7) is 2.77. The van der Waals surface area contributed by atoms with E-state index in [0.29, 0.717) is 25.9 Å². The lowest BCUT2D eigenvalue weighted by Crippen LogP contribution is -2.47. The Hall–Kier alpha value is -2.38. The maximum absolute atomic E-state index is 12.7. The third kappa shape index (κ3) is 5.30. The molecule has 0 spiro atoms. The number of para-hydroxylation sites is 1. The van der Waals surface area contributed by atoms with Crippen molar-refractivity contribution in [3.63, 3.8) is 0 Å². The lowest BCUT2D eigenvalue weighted by molar-refractivity contribution is 0.238. The second-order valence-electron chi connectivity index (χ2n) is 6.82. The number of rotatable bonds is 5. The summed E-state index contributed by atoms with van der Waals surface area (Å²) in [4.78, 5) is 12.1. The van der Waals surface area contributed by atoms with E-state index in [4.69, 9.17) is 0 Å². The van der Waals surface area contributed by atoms with E-state index in [1.807, 2.05) is 61.5 Å². The minimum atomic E-state index is -3.35. The summed E-state index contributed by atoms with van der Waals surface area (Å²) in [5.74, 6) is 0.0201. The van der Waals surface area contributed by atoms with Crippen LogP contribution in [0.4, 0.5) is 10.5 Å². The highest BCUT2D eigenvalue weighted by Crippen LogP contribution is 2.19. The maximum atomic E-state index is 12.7. The van der Waals surface area contributed by atoms with Crippen LogP contribution in [0.5, 0.6) is 0 Å². The average molecular weight is 388 g/mol. The number of amides is 2. The van der Waals surface area contributed by atoms with Crippen LogP contribution in [0.3, 0.4) is 0 Å². The minimum Gasteiger partial charge on any atom is -0.335 e. The minimum absolute atomic E-state index is 0.0201. The molecular formula is C20H25N3O3S. The summed E-state index contributed by atoms with van der Waals surface area (Å²) >= 11 is 0. The van der Waals surface area contributed by atoms with Gasteiger partial charge in [0.25, 0.3) is 0 Å². The number of aryl methyl sites for hydroxylation is 1. The van der Waals surface area contributed by atoms with E-state index >= 15 is 0 Å². The molecule has 144 valence electrons. The molecule has 27 heavy (non-hydrogen) atoms. The SMILES string of the molecule is Cc1ccccc1CS(=O)(=O)N1CCC(NC(=O)Nc2ccccc2)CC1. The van der Waals surface area contributed by atoms with Crippen molar-refractivity contribution in [3.05, 3.63) is 65.7 Å². The van der Waals surface area contributed by atoms with Gasteiger partial charge < -0.3 is 10.6 Å². The van der Waals surface area contributed by atoms with Crippen LogP contribution in [-0.4, -0.2) is 37.9 Å². The standard InChI is InChI=1S/C20H25N3O3S/c1-16-7-5-6-8-17(16)15-27(25,26)23-13-11-19(12-14-23)22-20(24)21-18-9-3-2-4-10-18/h2-10,19H,11-15H2,1H3,(H2,21,22,24). The predicted molar refractivity (Wildman–Crippen MR) is 107 cm³/mol. The van der Waals surface area contributed by atoms with E-state index in [0.717, 1.165) is 16.8 Å². The van der Waals surface area contributed by atoms with Gasteiger partial charge in [-0.2, -0.15) is 0 Å². The third-order valence-corrected chi connectivity index (χ3v) is 6.64. The van der Waals surface area contributed by atoms with Crippen LogP contribution in [0.1, 0.15) is 24.0 Å². The first-order chi connectivity index (χ1) is 12.9. The summed E-state index contributed by atoms with van der Waals surface area (Å²) in [5, 5.41) is 5.71. The Bertz CT molecular complexity index is 876. The van der Waals surface area contributed by atoms with Crippen LogP contribution >= 0.6 is 0 Å². The zero-order chi connectivity index (χ0) is 19.3. The Kier molecular flexibility index (Phi) is 6.13. The molecule has 0 bridgehead atoms. The van der Waals surface area contributed by atoms with Gasteiger partial charge in [0.2, 0.25) is 10.0 Å². The van der Waals surface area contributed by atoms with Crippen molar-refractivity contribution < 1.29 is 13.2 Å². The molecule has 1 aliphatic rings. The van der Waals surface area contributed by atoms with Gasteiger partial charge in [-0.1, -0.05) is 42.5 Å². The molecule has 7 heteroatoms. The lowest BCUT2D eigenvalue weighted by atomic mass is 10.1. The van der Waals surface area contributed by atoms with E-state index in [9.17, 15) is 13.2 Å². The van der Waals surface area contributed by atoms with Crippen molar-refractivity contribution >= 4 is 21.7 Å². The van der Waals surface area contributed by atoms with Gasteiger partial charge in [0.15, 0.2) is 0 Å². The number of carbonyl (C=O) groups is 1. The van der Waals surface area contributed by atoms with Crippen molar-refractivity contribution in [2.45, 2.75) is 31.6 Å². The molecule has 0 saturated carbocycles. The van der Waals surface area contributed by atoms with Gasteiger partial charge in [-0.15, -0.1) is 0 Å². The molecule has 1 fully saturated rings. The van der Waals surface area contributed by atoms with Gasteiger partial charge in [0, 0.05) is 24.8 Å². The lowest BCUT2D eigenvalue weighted by Gasteiger charge is -2.31. The number of urea groups is 1. The predicted octanol–water partition coefficient (Wildman–Crippen LogP) is 3.11. The van der Waals surface area contributed by atoms with Gasteiger partial charge in [0.05, 0.1) is 5.75 Å². The van der Waals surface area contributed by atoms with Crippen molar-refractivity contribution in [1.82, 2.24) is 9.62 Å². The summed E-state index contributed by atoms with van der Waals surface area (Å²) in [7, 11) is -3.35. The van der Waals surface area contributed by atoms with Gasteiger partial charge in [0.1, 0.15) is 0 Å². The number of hydrogen-bond acceptors (Lipinski definition) is 3. The molecule has 1 heterocycles. The Balaban J connectivity index is 1.51. The van der Waals surface area contributed by atoms with E-state index in [-0.39, 0.29) is 17.8 Å². The number of hydrogen-bond donors (Lipinski definition) is 2. The third-order valence-electron chi connectivity index (χ3n) is 4.81. The first-order valence-corrected chi connectivity index (χ1v) is 10.7. The van der Waals surface area contributed by atoms with Crippen LogP contribution in [-0.2, 0) is 15.8 Å². The Labute approximate surface area is 160 Å². The first-order valence-electron chi connectivity index (χ1n) is 9.09. The molecule has 3 rings (SSSR count). The largest absolute Gasteiger partial charge is 0.335 e. The molecular weight excluding hydrogens is 362 g/mol. The summed E-state index contributed by atoms with van der Waals surface area (Å²) in [6, 6.07) is 16.5. The molecule has 1 saturated heterocycles. The normalized spacial score (nSPS) is 16.0. The monoisotopic (exact) mass is 387 g/mol. The summed E-state index contributed by atoms with van der Waals surface area (Å²) in [5.41, 5.74) is 2.54. The molecule has 2 N–H and O–H groups in total. The van der Waals surface area contributed by atoms with Gasteiger partial charge >= 0.3 is 6.03 Å². The number of benzene rings is 2. The van der Waals surface area contributed by atoms with Crippen molar-refractivity contribution in [1.29, 1.82) is 0 Å². The fourth-order valence-corrected chi connectivity index (χ4v) is 4.88. The molecule has 6 nitrogen and oxygen atoms in total. The fourth-order valence-electron chi connectivity index (χ4n) is 3.21. The van der Waals surface area contributed by atoms with Gasteiger partial charge in [-0.3, -0.25) is 0 Å². The Morgan fingerprint density at radius 1 is 1.04 bits per heavy atom. The number of sulfonamides is 1. The molecule has 0 radical (unpaired) electrons. The van der Waals surface area contributed by atoms with Crippen molar-refractivity contribution in [2.75, 3.05) is 18.4 Å². The summed E-state index contributed by atoms with van der Waals surface area (Å²) in [6.07, 6.45) is 1.21. The van der Waals surface area contributed by atoms with Crippen LogP contribution in [0.25, 0.3) is 0 Å². The molecule has 2 amide bonds. The van der Waals surface area contributed by atoms with E-state index in [1.54, 1.807) is 0 Å². The number of nitrogens with one attached hydrogen (secondary N) is 2. The van der Waals surface area contributed by atoms with Gasteiger partial charge in [-0.05, 0) is 43.0 Å². The molecule has 0 aliphatic carbocycles. The highest BCUT2D eigenvalue weighted by molar-refractivity contribution is 7.88.